The number of fused-ring (bicyclic) bond motifs is 7. The zero-order chi connectivity index (χ0) is 32.1. The number of sulfonamides is 1. The first-order valence-corrected chi connectivity index (χ1v) is 17.4. The number of nitrogens with zero attached hydrogens (tertiary/aromatic N) is 4. The van der Waals surface area contributed by atoms with Crippen molar-refractivity contribution in [2.75, 3.05) is 63.2 Å². The van der Waals surface area contributed by atoms with Crippen molar-refractivity contribution in [3.63, 3.8) is 0 Å². The van der Waals surface area contributed by atoms with Crippen LogP contribution in [0.5, 0.6) is 0 Å². The molecule has 46 heavy (non-hydrogen) atoms. The number of anilines is 1. The summed E-state index contributed by atoms with van der Waals surface area (Å²) < 4.78 is 30.6. The number of benzene rings is 2. The fourth-order valence-corrected chi connectivity index (χ4v) is 10.5. The Morgan fingerprint density at radius 1 is 1.09 bits per heavy atom. The molecule has 12 nitrogen and oxygen atoms in total. The average molecular weight is 674 g/mol. The molecule has 6 aliphatic rings. The van der Waals surface area contributed by atoms with Crippen molar-refractivity contribution in [1.29, 1.82) is 0 Å². The summed E-state index contributed by atoms with van der Waals surface area (Å²) >= 11 is 0. The van der Waals surface area contributed by atoms with E-state index in [0.29, 0.717) is 23.4 Å². The molecule has 248 valence electrons. The Morgan fingerprint density at radius 2 is 1.74 bits per heavy atom. The van der Waals surface area contributed by atoms with Crippen molar-refractivity contribution in [1.82, 2.24) is 4.90 Å². The van der Waals surface area contributed by atoms with Gasteiger partial charge in [0.05, 0.1) is 54.3 Å². The van der Waals surface area contributed by atoms with E-state index in [1.54, 1.807) is 13.0 Å². The summed E-state index contributed by atoms with van der Waals surface area (Å²) in [7, 11) is -3.85. The molecule has 0 saturated carbocycles. The fourth-order valence-electron chi connectivity index (χ4n) is 8.91. The Balaban J connectivity index is 0.00000372. The molecule has 0 radical (unpaired) electrons. The van der Waals surface area contributed by atoms with Gasteiger partial charge < -0.3 is 47.0 Å². The summed E-state index contributed by atoms with van der Waals surface area (Å²) in [6, 6.07) is 9.22. The number of piperazine rings is 3. The molecule has 8 rings (SSSR count). The predicted molar refractivity (Wildman–Crippen MR) is 163 cm³/mol. The van der Waals surface area contributed by atoms with Gasteiger partial charge in [-0.1, -0.05) is 31.2 Å². The third kappa shape index (κ3) is 4.90. The predicted octanol–water partition coefficient (Wildman–Crippen LogP) is -3.96. The molecule has 2 amide bonds. The van der Waals surface area contributed by atoms with Crippen molar-refractivity contribution in [3.05, 3.63) is 52.7 Å². The second kappa shape index (κ2) is 11.2. The summed E-state index contributed by atoms with van der Waals surface area (Å²) in [6.07, 6.45) is -0.179. The van der Waals surface area contributed by atoms with Crippen LogP contribution >= 0.6 is 0 Å². The molecule has 6 heterocycles. The molecule has 2 aromatic rings. The summed E-state index contributed by atoms with van der Waals surface area (Å²) in [5.41, 5.74) is 7.89. The van der Waals surface area contributed by atoms with Crippen LogP contribution in [0.4, 0.5) is 5.69 Å². The van der Waals surface area contributed by atoms with Gasteiger partial charge in [0.15, 0.2) is 6.54 Å². The van der Waals surface area contributed by atoms with Gasteiger partial charge in [0.25, 0.3) is 5.91 Å². The molecule has 2 bridgehead atoms. The molecule has 14 heteroatoms. The van der Waals surface area contributed by atoms with E-state index in [1.165, 1.54) is 16.1 Å². The topological polar surface area (TPSA) is 161 Å². The van der Waals surface area contributed by atoms with Gasteiger partial charge in [-0.3, -0.25) is 13.9 Å². The number of carbonyl (C=O) groups excluding carboxylic acids is 3. The number of rotatable bonds is 9. The number of hydrogen-bond acceptors (Lipinski definition) is 7. The summed E-state index contributed by atoms with van der Waals surface area (Å²) in [4.78, 5) is 37.9. The van der Waals surface area contributed by atoms with Crippen LogP contribution < -0.4 is 27.6 Å². The summed E-state index contributed by atoms with van der Waals surface area (Å²) in [5.74, 6) is -3.67. The Hall–Kier alpha value is -3.23. The van der Waals surface area contributed by atoms with Gasteiger partial charge in [0.2, 0.25) is 15.9 Å². The molecular formula is C32H40ClN5O7S. The number of quaternary nitrogens is 2. The molecule has 6 aliphatic heterocycles. The number of carboxylic acid groups (broad SMARTS) is 1. The minimum atomic E-state index is -3.85. The maximum Gasteiger partial charge on any atom is 0.272 e. The van der Waals surface area contributed by atoms with Gasteiger partial charge in [0, 0.05) is 17.9 Å². The van der Waals surface area contributed by atoms with Crippen molar-refractivity contribution >= 4 is 44.3 Å². The van der Waals surface area contributed by atoms with Crippen molar-refractivity contribution in [2.45, 2.75) is 38.2 Å². The number of halogens is 1. The van der Waals surface area contributed by atoms with Crippen molar-refractivity contribution in [3.8, 4) is 0 Å². The Kier molecular flexibility index (Phi) is 7.95. The van der Waals surface area contributed by atoms with Crippen LogP contribution in [0.3, 0.4) is 0 Å². The van der Waals surface area contributed by atoms with Gasteiger partial charge in [-0.05, 0) is 34.9 Å². The normalized spacial score (nSPS) is 31.4. The molecule has 2 aromatic carbocycles. The van der Waals surface area contributed by atoms with E-state index in [4.69, 9.17) is 5.73 Å². The van der Waals surface area contributed by atoms with E-state index >= 15 is 0 Å². The van der Waals surface area contributed by atoms with Crippen molar-refractivity contribution in [2.24, 2.45) is 17.6 Å². The van der Waals surface area contributed by atoms with Crippen LogP contribution in [0.2, 0.25) is 0 Å². The number of hydrogen-bond donors (Lipinski definition) is 2. The van der Waals surface area contributed by atoms with Gasteiger partial charge in [0.1, 0.15) is 39.3 Å². The van der Waals surface area contributed by atoms with Gasteiger partial charge in [-0.15, -0.1) is 0 Å². The average Bonchev–Trinajstić information content (AvgIpc) is 3.39. The number of carboxylic acids is 1. The number of amides is 2. The highest BCUT2D eigenvalue weighted by Gasteiger charge is 2.59. The monoisotopic (exact) mass is 673 g/mol. The SMILES string of the molecule is C[C@@H](O)[C@H]1C(=O)N2C(C(=O)[O-])=C(CN3c4ccc5cccc(CC[N+]67CC[N+](CC(N)=O)(CC6)CC7)c5c4CS3(=O)=O)[C@H](C)[C@H]12.[Cl-]. The molecule has 0 spiro atoms. The molecule has 3 N–H and O–H groups in total. The second-order valence-corrected chi connectivity index (χ2v) is 15.8. The van der Waals surface area contributed by atoms with E-state index < -0.39 is 45.9 Å². The number of aliphatic hydroxyl groups is 1. The number of primary amides is 1. The largest absolute Gasteiger partial charge is 1.00 e. The van der Waals surface area contributed by atoms with Crippen molar-refractivity contribution < 1.29 is 54.4 Å². The molecule has 0 aliphatic carbocycles. The molecular weight excluding hydrogens is 634 g/mol. The Labute approximate surface area is 274 Å². The van der Waals surface area contributed by atoms with E-state index in [2.05, 4.69) is 6.07 Å². The molecule has 0 unspecified atom stereocenters. The first-order chi connectivity index (χ1) is 21.3. The Bertz CT molecular complexity index is 1770. The van der Waals surface area contributed by atoms with Gasteiger partial charge in [-0.25, -0.2) is 8.42 Å². The third-order valence-corrected chi connectivity index (χ3v) is 13.1. The van der Waals surface area contributed by atoms with Crippen LogP contribution in [-0.4, -0.2) is 116 Å². The summed E-state index contributed by atoms with van der Waals surface area (Å²) in [6.45, 7) is 10.2. The van der Waals surface area contributed by atoms with E-state index in [-0.39, 0.29) is 36.3 Å². The molecule has 4 atom stereocenters. The molecule has 4 saturated heterocycles. The lowest BCUT2D eigenvalue weighted by atomic mass is 9.78. The zero-order valence-corrected chi connectivity index (χ0v) is 27.6. The van der Waals surface area contributed by atoms with E-state index in [1.807, 2.05) is 18.2 Å². The van der Waals surface area contributed by atoms with E-state index in [9.17, 15) is 33.0 Å². The first kappa shape index (κ1) is 32.7. The third-order valence-electron chi connectivity index (χ3n) is 11.5. The number of β-lactam (4-membered cyclic amide) rings is 1. The number of nitrogens with two attached hydrogens (primary N) is 1. The van der Waals surface area contributed by atoms with Crippen LogP contribution in [-0.2, 0) is 36.6 Å². The van der Waals surface area contributed by atoms with E-state index in [0.717, 1.165) is 77.5 Å². The van der Waals surface area contributed by atoms with Gasteiger partial charge >= 0.3 is 0 Å². The summed E-state index contributed by atoms with van der Waals surface area (Å²) in [5, 5.41) is 24.3. The quantitative estimate of drug-likeness (QED) is 0.203. The minimum Gasteiger partial charge on any atom is -1.00 e. The second-order valence-electron chi connectivity index (χ2n) is 13.9. The highest BCUT2D eigenvalue weighted by atomic mass is 35.5. The lowest BCUT2D eigenvalue weighted by Crippen LogP contribution is -3.00. The van der Waals surface area contributed by atoms with Crippen LogP contribution in [0.25, 0.3) is 10.8 Å². The number of aliphatic carboxylic acids is 1. The lowest BCUT2D eigenvalue weighted by Gasteiger charge is -2.55. The Morgan fingerprint density at radius 3 is 2.35 bits per heavy atom. The van der Waals surface area contributed by atoms with Crippen LogP contribution in [0.15, 0.2) is 41.6 Å². The number of carbonyl (C=O) groups is 3. The van der Waals surface area contributed by atoms with Crippen LogP contribution in [0, 0.1) is 11.8 Å². The fraction of sp³-hybridized carbons (Fsp3) is 0.531. The lowest BCUT2D eigenvalue weighted by molar-refractivity contribution is -1.08. The minimum absolute atomic E-state index is 0. The van der Waals surface area contributed by atoms with Crippen LogP contribution in [0.1, 0.15) is 25.0 Å². The highest BCUT2D eigenvalue weighted by Crippen LogP contribution is 2.49. The first-order valence-electron chi connectivity index (χ1n) is 15.7. The number of aliphatic hydroxyl groups excluding tert-OH is 1. The molecule has 0 aromatic heterocycles. The highest BCUT2D eigenvalue weighted by molar-refractivity contribution is 7.92. The van der Waals surface area contributed by atoms with Gasteiger partial charge in [-0.2, -0.15) is 0 Å². The standard InChI is InChI=1S/C32H39N5O7S.ClH/c1-19-23(30(32(41)42)35-29(19)27(20(2)38)31(35)40)16-34-25-7-6-21-4-3-5-22(28(21)24(25)18-45(34,43)44)8-9-36-10-13-37(14-11-36,15-12-36)17-26(33)39;/h3-7,19-20,27,29,38H,8-18H2,1-2H3,(H-2,33,39,41,42);1H/t19-,20+,27+,29+,36?,37?;/m0./s1. The zero-order valence-electron chi connectivity index (χ0n) is 26.0. The maximum absolute atomic E-state index is 13.8. The maximum atomic E-state index is 13.8. The smallest absolute Gasteiger partial charge is 0.272 e. The molecule has 4 fully saturated rings.